The minimum atomic E-state index is 0.700. The van der Waals surface area contributed by atoms with Gasteiger partial charge in [0.2, 0.25) is 5.95 Å². The number of piperidine rings is 2. The van der Waals surface area contributed by atoms with Crippen molar-refractivity contribution < 1.29 is 0 Å². The fourth-order valence-electron chi connectivity index (χ4n) is 3.07. The second-order valence-electron chi connectivity index (χ2n) is 5.88. The molecule has 0 saturated carbocycles. The molecule has 0 amide bonds. The highest BCUT2D eigenvalue weighted by Gasteiger charge is 2.15. The van der Waals surface area contributed by atoms with Gasteiger partial charge in [0.25, 0.3) is 0 Å². The van der Waals surface area contributed by atoms with E-state index in [0.717, 1.165) is 44.5 Å². The van der Waals surface area contributed by atoms with Crippen LogP contribution < -0.4 is 15.5 Å². The lowest BCUT2D eigenvalue weighted by atomic mass is 10.00. The maximum atomic E-state index is 4.66. The Kier molecular flexibility index (Phi) is 4.69. The molecule has 5 nitrogen and oxygen atoms in total. The molecule has 0 aliphatic carbocycles. The van der Waals surface area contributed by atoms with E-state index in [1.54, 1.807) is 0 Å². The molecule has 2 N–H and O–H groups in total. The summed E-state index contributed by atoms with van der Waals surface area (Å²) in [6.07, 6.45) is 8.35. The molecule has 1 atom stereocenters. The van der Waals surface area contributed by atoms with Crippen molar-refractivity contribution in [2.75, 3.05) is 42.9 Å². The Balaban J connectivity index is 1.56. The Morgan fingerprint density at radius 2 is 2.15 bits per heavy atom. The smallest absolute Gasteiger partial charge is 0.224 e. The fraction of sp³-hybridized carbons (Fsp3) is 0.733. The standard InChI is InChI=1S/C15H25N5/c1-2-9-20(10-3-1)14-6-8-17-15(19-14)18-12-13-5-4-7-16-11-13/h6,8,13,16H,1-5,7,9-12H2,(H,17,18,19). The molecule has 3 rings (SSSR count). The molecular weight excluding hydrogens is 250 g/mol. The number of rotatable bonds is 4. The minimum Gasteiger partial charge on any atom is -0.356 e. The van der Waals surface area contributed by atoms with E-state index < -0.39 is 0 Å². The second kappa shape index (κ2) is 6.88. The topological polar surface area (TPSA) is 53.1 Å². The molecule has 1 aromatic rings. The predicted molar refractivity (Wildman–Crippen MR) is 82.2 cm³/mol. The zero-order valence-corrected chi connectivity index (χ0v) is 12.1. The third-order valence-corrected chi connectivity index (χ3v) is 4.27. The summed E-state index contributed by atoms with van der Waals surface area (Å²) in [7, 11) is 0. The van der Waals surface area contributed by atoms with Gasteiger partial charge in [0.05, 0.1) is 0 Å². The van der Waals surface area contributed by atoms with Crippen LogP contribution in [0.25, 0.3) is 0 Å². The van der Waals surface area contributed by atoms with E-state index in [1.165, 1.54) is 32.1 Å². The van der Waals surface area contributed by atoms with Crippen molar-refractivity contribution in [1.29, 1.82) is 0 Å². The van der Waals surface area contributed by atoms with E-state index >= 15 is 0 Å². The Morgan fingerprint density at radius 3 is 2.95 bits per heavy atom. The number of aromatic nitrogens is 2. The normalized spacial score (nSPS) is 23.6. The lowest BCUT2D eigenvalue weighted by Gasteiger charge is -2.28. The van der Waals surface area contributed by atoms with Crippen molar-refractivity contribution in [2.45, 2.75) is 32.1 Å². The molecular formula is C15H25N5. The summed E-state index contributed by atoms with van der Waals surface area (Å²) in [6, 6.07) is 2.03. The van der Waals surface area contributed by atoms with Gasteiger partial charge in [-0.15, -0.1) is 0 Å². The zero-order valence-electron chi connectivity index (χ0n) is 12.1. The van der Waals surface area contributed by atoms with E-state index in [4.69, 9.17) is 0 Å². The third kappa shape index (κ3) is 3.60. The van der Waals surface area contributed by atoms with Crippen molar-refractivity contribution in [2.24, 2.45) is 5.92 Å². The highest BCUT2D eigenvalue weighted by atomic mass is 15.2. The summed E-state index contributed by atoms with van der Waals surface area (Å²) < 4.78 is 0. The average molecular weight is 275 g/mol. The maximum absolute atomic E-state index is 4.66. The number of hydrogen-bond donors (Lipinski definition) is 2. The van der Waals surface area contributed by atoms with Gasteiger partial charge < -0.3 is 15.5 Å². The molecule has 2 aliphatic heterocycles. The van der Waals surface area contributed by atoms with Crippen LogP contribution in [0.15, 0.2) is 12.3 Å². The monoisotopic (exact) mass is 275 g/mol. The van der Waals surface area contributed by atoms with Crippen LogP contribution in [-0.2, 0) is 0 Å². The SMILES string of the molecule is c1cc(N2CCCCC2)nc(NCC2CCCNC2)n1. The van der Waals surface area contributed by atoms with Gasteiger partial charge in [-0.2, -0.15) is 4.98 Å². The summed E-state index contributed by atoms with van der Waals surface area (Å²) in [4.78, 5) is 11.4. The number of anilines is 2. The Bertz CT molecular complexity index is 410. The van der Waals surface area contributed by atoms with Gasteiger partial charge in [-0.05, 0) is 57.2 Å². The molecule has 0 spiro atoms. The third-order valence-electron chi connectivity index (χ3n) is 4.27. The van der Waals surface area contributed by atoms with Crippen LogP contribution in [0.2, 0.25) is 0 Å². The number of hydrogen-bond acceptors (Lipinski definition) is 5. The molecule has 3 heterocycles. The van der Waals surface area contributed by atoms with Crippen LogP contribution in [0.5, 0.6) is 0 Å². The van der Waals surface area contributed by atoms with Gasteiger partial charge in [0.1, 0.15) is 5.82 Å². The predicted octanol–water partition coefficient (Wildman–Crippen LogP) is 1.88. The van der Waals surface area contributed by atoms with Crippen LogP contribution in [0.1, 0.15) is 32.1 Å². The Morgan fingerprint density at radius 1 is 1.25 bits per heavy atom. The van der Waals surface area contributed by atoms with E-state index in [0.29, 0.717) is 5.92 Å². The first-order chi connectivity index (χ1) is 9.92. The molecule has 2 aliphatic rings. The van der Waals surface area contributed by atoms with Gasteiger partial charge >= 0.3 is 0 Å². The number of nitrogens with zero attached hydrogens (tertiary/aromatic N) is 3. The van der Waals surface area contributed by atoms with Crippen molar-refractivity contribution in [1.82, 2.24) is 15.3 Å². The largest absolute Gasteiger partial charge is 0.356 e. The first kappa shape index (κ1) is 13.6. The minimum absolute atomic E-state index is 0.700. The van der Waals surface area contributed by atoms with Gasteiger partial charge in [0.15, 0.2) is 0 Å². The van der Waals surface area contributed by atoms with Gasteiger partial charge in [0, 0.05) is 25.8 Å². The summed E-state index contributed by atoms with van der Waals surface area (Å²) in [5.74, 6) is 2.55. The van der Waals surface area contributed by atoms with E-state index in [2.05, 4.69) is 25.5 Å². The quantitative estimate of drug-likeness (QED) is 0.878. The van der Waals surface area contributed by atoms with Crippen molar-refractivity contribution >= 4 is 11.8 Å². The first-order valence-electron chi connectivity index (χ1n) is 7.94. The summed E-state index contributed by atoms with van der Waals surface area (Å²) in [5.41, 5.74) is 0. The van der Waals surface area contributed by atoms with E-state index in [-0.39, 0.29) is 0 Å². The zero-order chi connectivity index (χ0) is 13.6. The molecule has 1 aromatic heterocycles. The highest BCUT2D eigenvalue weighted by Crippen LogP contribution is 2.18. The maximum Gasteiger partial charge on any atom is 0.224 e. The molecule has 2 fully saturated rings. The lowest BCUT2D eigenvalue weighted by Crippen LogP contribution is -2.34. The summed E-state index contributed by atoms with van der Waals surface area (Å²) >= 11 is 0. The Hall–Kier alpha value is -1.36. The van der Waals surface area contributed by atoms with Crippen LogP contribution in [0.4, 0.5) is 11.8 Å². The van der Waals surface area contributed by atoms with Crippen molar-refractivity contribution in [3.63, 3.8) is 0 Å². The second-order valence-corrected chi connectivity index (χ2v) is 5.88. The molecule has 2 saturated heterocycles. The van der Waals surface area contributed by atoms with Crippen LogP contribution >= 0.6 is 0 Å². The van der Waals surface area contributed by atoms with Crippen LogP contribution in [-0.4, -0.2) is 42.7 Å². The van der Waals surface area contributed by atoms with E-state index in [1.807, 2.05) is 12.3 Å². The van der Waals surface area contributed by atoms with Crippen molar-refractivity contribution in [3.05, 3.63) is 12.3 Å². The Labute approximate surface area is 121 Å². The molecule has 0 aromatic carbocycles. The lowest BCUT2D eigenvalue weighted by molar-refractivity contribution is 0.392. The molecule has 5 heteroatoms. The molecule has 0 bridgehead atoms. The highest BCUT2D eigenvalue weighted by molar-refractivity contribution is 5.42. The van der Waals surface area contributed by atoms with E-state index in [9.17, 15) is 0 Å². The van der Waals surface area contributed by atoms with Gasteiger partial charge in [-0.1, -0.05) is 0 Å². The first-order valence-corrected chi connectivity index (χ1v) is 7.94. The van der Waals surface area contributed by atoms with Crippen LogP contribution in [0.3, 0.4) is 0 Å². The van der Waals surface area contributed by atoms with Crippen molar-refractivity contribution in [3.8, 4) is 0 Å². The molecule has 1 unspecified atom stereocenters. The molecule has 20 heavy (non-hydrogen) atoms. The fourth-order valence-corrected chi connectivity index (χ4v) is 3.07. The summed E-state index contributed by atoms with van der Waals surface area (Å²) in [5, 5.41) is 6.85. The molecule has 0 radical (unpaired) electrons. The van der Waals surface area contributed by atoms with Gasteiger partial charge in [-0.3, -0.25) is 0 Å². The van der Waals surface area contributed by atoms with Crippen LogP contribution in [0, 0.1) is 5.92 Å². The average Bonchev–Trinajstić information content (AvgIpc) is 2.55. The molecule has 110 valence electrons. The van der Waals surface area contributed by atoms with Gasteiger partial charge in [-0.25, -0.2) is 4.98 Å². The summed E-state index contributed by atoms with van der Waals surface area (Å²) in [6.45, 7) is 5.50. The number of nitrogens with one attached hydrogen (secondary N) is 2.